The van der Waals surface area contributed by atoms with Crippen molar-refractivity contribution in [1.82, 2.24) is 5.32 Å². The second kappa shape index (κ2) is 7.36. The van der Waals surface area contributed by atoms with Gasteiger partial charge in [0.15, 0.2) is 0 Å². The molecule has 0 spiro atoms. The molecule has 0 saturated carbocycles. The second-order valence-electron chi connectivity index (χ2n) is 1.98. The Bertz CT molecular complexity index is 161. The van der Waals surface area contributed by atoms with Gasteiger partial charge >= 0.3 is 6.09 Å². The van der Waals surface area contributed by atoms with Crippen molar-refractivity contribution in [2.45, 2.75) is 20.3 Å². The molecule has 1 amide bonds. The Labute approximate surface area is 82.2 Å². The van der Waals surface area contributed by atoms with E-state index in [0.717, 1.165) is 12.2 Å². The van der Waals surface area contributed by atoms with Crippen molar-refractivity contribution in [3.63, 3.8) is 0 Å². The molecule has 0 aliphatic carbocycles. The van der Waals surface area contributed by atoms with Crippen LogP contribution in [0.15, 0.2) is 0 Å². The lowest BCUT2D eigenvalue weighted by Crippen LogP contribution is -2.27. The maximum Gasteiger partial charge on any atom is 0.412 e. The van der Waals surface area contributed by atoms with Crippen molar-refractivity contribution in [3.8, 4) is 0 Å². The van der Waals surface area contributed by atoms with Crippen LogP contribution in [0, 0.1) is 0 Å². The molecule has 0 aliphatic heterocycles. The molecule has 1 N–H and O–H groups in total. The summed E-state index contributed by atoms with van der Waals surface area (Å²) in [4.78, 5) is 10.9. The van der Waals surface area contributed by atoms with Gasteiger partial charge in [-0.05, 0) is 12.2 Å². The van der Waals surface area contributed by atoms with E-state index in [4.69, 9.17) is 17.0 Å². The summed E-state index contributed by atoms with van der Waals surface area (Å²) >= 11 is 6.24. The van der Waals surface area contributed by atoms with Crippen molar-refractivity contribution in [2.24, 2.45) is 0 Å². The van der Waals surface area contributed by atoms with Crippen LogP contribution in [0.25, 0.3) is 0 Å². The first-order chi connectivity index (χ1) is 5.70. The summed E-state index contributed by atoms with van der Waals surface area (Å²) in [5.74, 6) is 0.854. The lowest BCUT2D eigenvalue weighted by Gasteiger charge is -2.04. The van der Waals surface area contributed by atoms with E-state index < -0.39 is 6.09 Å². The fraction of sp³-hybridized carbons (Fsp3) is 0.714. The summed E-state index contributed by atoms with van der Waals surface area (Å²) in [5, 5.41) is 2.45. The first kappa shape index (κ1) is 11.7. The number of amides is 1. The van der Waals surface area contributed by atoms with Gasteiger partial charge in [-0.2, -0.15) is 0 Å². The maximum atomic E-state index is 10.9. The van der Waals surface area contributed by atoms with Crippen LogP contribution in [0.2, 0.25) is 0 Å². The lowest BCUT2D eigenvalue weighted by atomic mass is 10.5. The van der Waals surface area contributed by atoms with E-state index in [9.17, 15) is 4.79 Å². The first-order valence-corrected chi connectivity index (χ1v) is 5.20. The number of thioether (sulfide) groups is 1. The van der Waals surface area contributed by atoms with E-state index in [-0.39, 0.29) is 0 Å². The quantitative estimate of drug-likeness (QED) is 0.720. The zero-order valence-corrected chi connectivity index (χ0v) is 8.89. The molecule has 0 fully saturated rings. The van der Waals surface area contributed by atoms with Gasteiger partial charge in [-0.3, -0.25) is 5.32 Å². The van der Waals surface area contributed by atoms with E-state index in [1.54, 1.807) is 0 Å². The number of nitrogens with one attached hydrogen (secondary N) is 1. The molecular weight excluding hydrogens is 194 g/mol. The maximum absolute atomic E-state index is 10.9. The summed E-state index contributed by atoms with van der Waals surface area (Å²) < 4.78 is 5.23. The Balaban J connectivity index is 3.47. The van der Waals surface area contributed by atoms with Gasteiger partial charge < -0.3 is 4.74 Å². The normalized spacial score (nSPS) is 9.17. The van der Waals surface area contributed by atoms with Crippen LogP contribution in [-0.2, 0) is 4.74 Å². The van der Waals surface area contributed by atoms with Crippen molar-refractivity contribution in [2.75, 3.05) is 12.4 Å². The highest BCUT2D eigenvalue weighted by Crippen LogP contribution is 1.99. The molecule has 3 nitrogen and oxygen atoms in total. The molecule has 0 aliphatic rings. The molecule has 0 heterocycles. The molecule has 70 valence electrons. The predicted octanol–water partition coefficient (Wildman–Crippen LogP) is 2.16. The molecule has 0 aromatic rings. The van der Waals surface area contributed by atoms with E-state index in [1.807, 2.05) is 13.8 Å². The zero-order valence-electron chi connectivity index (χ0n) is 7.25. The van der Waals surface area contributed by atoms with Gasteiger partial charge in [0.25, 0.3) is 0 Å². The summed E-state index contributed by atoms with van der Waals surface area (Å²) in [6, 6.07) is 0. The van der Waals surface area contributed by atoms with Crippen LogP contribution in [0.5, 0.6) is 0 Å². The standard InChI is InChI=1S/C7H13NO2S2/c1-3-5-10-6(9)8-7(11)12-4-2/h3-5H2,1-2H3,(H,8,9,11). The van der Waals surface area contributed by atoms with Crippen LogP contribution in [0.4, 0.5) is 4.79 Å². The zero-order chi connectivity index (χ0) is 9.40. The third kappa shape index (κ3) is 6.42. The topological polar surface area (TPSA) is 38.3 Å². The highest BCUT2D eigenvalue weighted by atomic mass is 32.2. The SMILES string of the molecule is CCCOC(=O)NC(=S)SCC. The fourth-order valence-corrected chi connectivity index (χ4v) is 1.34. The Morgan fingerprint density at radius 3 is 2.75 bits per heavy atom. The van der Waals surface area contributed by atoms with Crippen molar-refractivity contribution < 1.29 is 9.53 Å². The number of carbonyl (C=O) groups is 1. The number of rotatable bonds is 3. The monoisotopic (exact) mass is 207 g/mol. The van der Waals surface area contributed by atoms with Crippen LogP contribution in [0.3, 0.4) is 0 Å². The lowest BCUT2D eigenvalue weighted by molar-refractivity contribution is 0.152. The molecule has 0 rings (SSSR count). The van der Waals surface area contributed by atoms with E-state index >= 15 is 0 Å². The molecule has 0 atom stereocenters. The molecular formula is C7H13NO2S2. The number of hydrogen-bond acceptors (Lipinski definition) is 4. The smallest absolute Gasteiger partial charge is 0.412 e. The van der Waals surface area contributed by atoms with Crippen molar-refractivity contribution in [1.29, 1.82) is 0 Å². The van der Waals surface area contributed by atoms with Crippen LogP contribution in [-0.4, -0.2) is 22.8 Å². The third-order valence-corrected chi connectivity index (χ3v) is 2.03. The number of alkyl carbamates (subject to hydrolysis) is 1. The van der Waals surface area contributed by atoms with E-state index in [0.29, 0.717) is 10.9 Å². The molecule has 0 radical (unpaired) electrons. The molecule has 0 aromatic carbocycles. The van der Waals surface area contributed by atoms with Gasteiger partial charge in [-0.15, -0.1) is 0 Å². The Hall–Kier alpha value is -0.290. The molecule has 5 heteroatoms. The van der Waals surface area contributed by atoms with Crippen molar-refractivity contribution in [3.05, 3.63) is 0 Å². The largest absolute Gasteiger partial charge is 0.449 e. The first-order valence-electron chi connectivity index (χ1n) is 3.81. The summed E-state index contributed by atoms with van der Waals surface area (Å²) in [6.45, 7) is 4.34. The van der Waals surface area contributed by atoms with Crippen LogP contribution in [0.1, 0.15) is 20.3 Å². The second-order valence-corrected chi connectivity index (χ2v) is 3.92. The summed E-state index contributed by atoms with van der Waals surface area (Å²) in [7, 11) is 0. The van der Waals surface area contributed by atoms with Crippen molar-refractivity contribution >= 4 is 34.4 Å². The number of ether oxygens (including phenoxy) is 1. The summed E-state index contributed by atoms with van der Waals surface area (Å²) in [5.41, 5.74) is 0. The Morgan fingerprint density at radius 2 is 2.25 bits per heavy atom. The van der Waals surface area contributed by atoms with Gasteiger partial charge in [-0.25, -0.2) is 4.79 Å². The van der Waals surface area contributed by atoms with Gasteiger partial charge in [0, 0.05) is 0 Å². The minimum atomic E-state index is -0.456. The highest BCUT2D eigenvalue weighted by molar-refractivity contribution is 8.23. The molecule has 0 bridgehead atoms. The number of hydrogen-bond donors (Lipinski definition) is 1. The average Bonchev–Trinajstić information content (AvgIpc) is 2.01. The van der Waals surface area contributed by atoms with Gasteiger partial charge in [0.2, 0.25) is 0 Å². The number of thiocarbonyl (C=S) groups is 1. The third-order valence-electron chi connectivity index (χ3n) is 0.917. The minimum Gasteiger partial charge on any atom is -0.449 e. The fourth-order valence-electron chi connectivity index (χ4n) is 0.481. The Morgan fingerprint density at radius 1 is 1.58 bits per heavy atom. The van der Waals surface area contributed by atoms with Gasteiger partial charge in [0.1, 0.15) is 4.32 Å². The molecule has 0 saturated heterocycles. The minimum absolute atomic E-state index is 0.436. The van der Waals surface area contributed by atoms with E-state index in [2.05, 4.69) is 5.32 Å². The summed E-state index contributed by atoms with van der Waals surface area (Å²) in [6.07, 6.45) is 0.365. The van der Waals surface area contributed by atoms with Gasteiger partial charge in [-0.1, -0.05) is 37.8 Å². The highest BCUT2D eigenvalue weighted by Gasteiger charge is 2.03. The molecule has 0 unspecified atom stereocenters. The predicted molar refractivity (Wildman–Crippen MR) is 55.5 cm³/mol. The van der Waals surface area contributed by atoms with Crippen LogP contribution < -0.4 is 5.32 Å². The van der Waals surface area contributed by atoms with Gasteiger partial charge in [0.05, 0.1) is 6.61 Å². The molecule has 0 aromatic heterocycles. The van der Waals surface area contributed by atoms with Crippen LogP contribution >= 0.6 is 24.0 Å². The molecule has 12 heavy (non-hydrogen) atoms. The Kier molecular flexibility index (Phi) is 7.19. The number of carbonyl (C=O) groups excluding carboxylic acids is 1. The average molecular weight is 207 g/mol. The van der Waals surface area contributed by atoms with E-state index in [1.165, 1.54) is 11.8 Å².